The Kier molecular flexibility index (Phi) is 2.05. The molecule has 1 aliphatic heterocycles. The van der Waals surface area contributed by atoms with E-state index in [-0.39, 0.29) is 0 Å². The monoisotopic (exact) mass is 129 g/mol. The van der Waals surface area contributed by atoms with E-state index in [0.29, 0.717) is 0 Å². The molecule has 0 saturated carbocycles. The zero-order chi connectivity index (χ0) is 6.85. The Labute approximate surface area is 56.8 Å². The Bertz CT molecular complexity index is 94.3. The lowest BCUT2D eigenvalue weighted by Crippen LogP contribution is -2.32. The Morgan fingerprint density at radius 1 is 1.22 bits per heavy atom. The van der Waals surface area contributed by atoms with Crippen LogP contribution in [0.2, 0.25) is 0 Å². The highest BCUT2D eigenvalue weighted by molar-refractivity contribution is 4.59. The Morgan fingerprint density at radius 2 is 1.89 bits per heavy atom. The molecule has 1 aliphatic rings. The standard InChI is InChI=1S/C6H15N3/c1-4-9-6-7(2)5-8(9)3/h4-6H2,1-3H3. The lowest BCUT2D eigenvalue weighted by atomic mass is 10.7. The van der Waals surface area contributed by atoms with Crippen LogP contribution in [0.15, 0.2) is 0 Å². The first-order chi connectivity index (χ1) is 4.24. The molecule has 3 heteroatoms. The molecule has 9 heavy (non-hydrogen) atoms. The van der Waals surface area contributed by atoms with Gasteiger partial charge in [0.15, 0.2) is 0 Å². The Morgan fingerprint density at radius 3 is 2.11 bits per heavy atom. The number of hydrazine groups is 1. The van der Waals surface area contributed by atoms with Gasteiger partial charge in [-0.15, -0.1) is 0 Å². The van der Waals surface area contributed by atoms with Crippen molar-refractivity contribution in [2.75, 3.05) is 34.0 Å². The first-order valence-corrected chi connectivity index (χ1v) is 3.38. The average molecular weight is 129 g/mol. The van der Waals surface area contributed by atoms with E-state index in [2.05, 4.69) is 35.9 Å². The van der Waals surface area contributed by atoms with Crippen molar-refractivity contribution in [1.29, 1.82) is 0 Å². The van der Waals surface area contributed by atoms with Gasteiger partial charge in [-0.1, -0.05) is 6.92 Å². The van der Waals surface area contributed by atoms with Crippen LogP contribution < -0.4 is 0 Å². The molecule has 0 bridgehead atoms. The zero-order valence-electron chi connectivity index (χ0n) is 6.46. The number of hydrogen-bond donors (Lipinski definition) is 0. The second-order valence-corrected chi connectivity index (χ2v) is 2.62. The van der Waals surface area contributed by atoms with Crippen LogP contribution in [0.1, 0.15) is 6.92 Å². The van der Waals surface area contributed by atoms with Gasteiger partial charge in [0.2, 0.25) is 0 Å². The first-order valence-electron chi connectivity index (χ1n) is 3.38. The van der Waals surface area contributed by atoms with Crippen LogP contribution in [0.4, 0.5) is 0 Å². The highest BCUT2D eigenvalue weighted by Gasteiger charge is 2.19. The molecule has 1 fully saturated rings. The van der Waals surface area contributed by atoms with Crippen molar-refractivity contribution in [3.05, 3.63) is 0 Å². The third-order valence-corrected chi connectivity index (χ3v) is 1.70. The van der Waals surface area contributed by atoms with Crippen molar-refractivity contribution >= 4 is 0 Å². The third kappa shape index (κ3) is 1.41. The topological polar surface area (TPSA) is 9.72 Å². The van der Waals surface area contributed by atoms with Gasteiger partial charge in [0, 0.05) is 13.6 Å². The van der Waals surface area contributed by atoms with E-state index in [1.807, 2.05) is 0 Å². The maximum Gasteiger partial charge on any atom is 0.0656 e. The molecule has 0 N–H and O–H groups in total. The largest absolute Gasteiger partial charge is 0.278 e. The summed E-state index contributed by atoms with van der Waals surface area (Å²) in [6, 6.07) is 0. The van der Waals surface area contributed by atoms with E-state index in [4.69, 9.17) is 0 Å². The predicted molar refractivity (Wildman–Crippen MR) is 37.6 cm³/mol. The van der Waals surface area contributed by atoms with E-state index in [1.54, 1.807) is 0 Å². The number of nitrogens with zero attached hydrogens (tertiary/aromatic N) is 3. The summed E-state index contributed by atoms with van der Waals surface area (Å²) in [4.78, 5) is 2.28. The maximum absolute atomic E-state index is 2.31. The molecule has 0 aromatic carbocycles. The first kappa shape index (κ1) is 6.99. The van der Waals surface area contributed by atoms with Gasteiger partial charge >= 0.3 is 0 Å². The summed E-state index contributed by atoms with van der Waals surface area (Å²) < 4.78 is 0. The molecule has 0 aromatic heterocycles. The molecule has 0 atom stereocenters. The highest BCUT2D eigenvalue weighted by atomic mass is 15.7. The minimum atomic E-state index is 1.06. The van der Waals surface area contributed by atoms with Crippen LogP contribution in [-0.2, 0) is 0 Å². The molecular formula is C6H15N3. The molecule has 1 saturated heterocycles. The SMILES string of the molecule is CCN1CN(C)CN1C. The van der Waals surface area contributed by atoms with Crippen molar-refractivity contribution in [3.63, 3.8) is 0 Å². The van der Waals surface area contributed by atoms with E-state index in [0.717, 1.165) is 19.9 Å². The van der Waals surface area contributed by atoms with Crippen molar-refractivity contribution in [3.8, 4) is 0 Å². The van der Waals surface area contributed by atoms with E-state index >= 15 is 0 Å². The Hall–Kier alpha value is -0.120. The van der Waals surface area contributed by atoms with Gasteiger partial charge in [-0.2, -0.15) is 0 Å². The fraction of sp³-hybridized carbons (Fsp3) is 1.00. The quantitative estimate of drug-likeness (QED) is 0.494. The van der Waals surface area contributed by atoms with Crippen LogP contribution >= 0.6 is 0 Å². The fourth-order valence-corrected chi connectivity index (χ4v) is 1.21. The minimum absolute atomic E-state index is 1.06. The minimum Gasteiger partial charge on any atom is -0.278 e. The summed E-state index contributed by atoms with van der Waals surface area (Å²) in [6.45, 7) is 5.43. The normalized spacial score (nSPS) is 25.7. The van der Waals surface area contributed by atoms with Crippen LogP contribution in [0.25, 0.3) is 0 Å². The number of hydrogen-bond acceptors (Lipinski definition) is 3. The molecule has 1 rings (SSSR count). The van der Waals surface area contributed by atoms with Crippen molar-refractivity contribution < 1.29 is 0 Å². The summed E-state index contributed by atoms with van der Waals surface area (Å²) in [5.41, 5.74) is 0. The molecular weight excluding hydrogens is 114 g/mol. The van der Waals surface area contributed by atoms with Crippen LogP contribution in [0.3, 0.4) is 0 Å². The average Bonchev–Trinajstić information content (AvgIpc) is 2.10. The zero-order valence-corrected chi connectivity index (χ0v) is 6.46. The van der Waals surface area contributed by atoms with Crippen molar-refractivity contribution in [1.82, 2.24) is 14.9 Å². The second kappa shape index (κ2) is 2.64. The van der Waals surface area contributed by atoms with Crippen molar-refractivity contribution in [2.24, 2.45) is 0 Å². The summed E-state index contributed by atoms with van der Waals surface area (Å²) >= 11 is 0. The third-order valence-electron chi connectivity index (χ3n) is 1.70. The molecule has 0 aromatic rings. The summed E-state index contributed by atoms with van der Waals surface area (Å²) in [5.74, 6) is 0. The molecule has 3 nitrogen and oxygen atoms in total. The van der Waals surface area contributed by atoms with Gasteiger partial charge in [0.05, 0.1) is 13.3 Å². The van der Waals surface area contributed by atoms with Gasteiger partial charge in [0.25, 0.3) is 0 Å². The van der Waals surface area contributed by atoms with Crippen LogP contribution in [0, 0.1) is 0 Å². The maximum atomic E-state index is 2.31. The summed E-state index contributed by atoms with van der Waals surface area (Å²) in [7, 11) is 4.25. The van der Waals surface area contributed by atoms with Crippen LogP contribution in [-0.4, -0.2) is 48.9 Å². The lowest BCUT2D eigenvalue weighted by Gasteiger charge is -2.19. The fourth-order valence-electron chi connectivity index (χ4n) is 1.21. The van der Waals surface area contributed by atoms with Gasteiger partial charge in [-0.25, -0.2) is 10.0 Å². The van der Waals surface area contributed by atoms with Crippen LogP contribution in [0.5, 0.6) is 0 Å². The van der Waals surface area contributed by atoms with Gasteiger partial charge in [-0.3, -0.25) is 4.90 Å². The van der Waals surface area contributed by atoms with E-state index in [9.17, 15) is 0 Å². The summed E-state index contributed by atoms with van der Waals surface area (Å²) in [5, 5.41) is 4.54. The molecule has 1 heterocycles. The molecule has 0 amide bonds. The number of rotatable bonds is 1. The molecule has 0 unspecified atom stereocenters. The molecule has 0 spiro atoms. The lowest BCUT2D eigenvalue weighted by molar-refractivity contribution is 0.0628. The predicted octanol–water partition coefficient (Wildman–Crippen LogP) is 0.0155. The molecule has 0 aliphatic carbocycles. The Balaban J connectivity index is 2.38. The second-order valence-electron chi connectivity index (χ2n) is 2.62. The smallest absolute Gasteiger partial charge is 0.0656 e. The summed E-state index contributed by atoms with van der Waals surface area (Å²) in [6.07, 6.45) is 0. The van der Waals surface area contributed by atoms with Crippen molar-refractivity contribution in [2.45, 2.75) is 6.92 Å². The molecule has 54 valence electrons. The van der Waals surface area contributed by atoms with Gasteiger partial charge < -0.3 is 0 Å². The highest BCUT2D eigenvalue weighted by Crippen LogP contribution is 2.04. The van der Waals surface area contributed by atoms with Gasteiger partial charge in [-0.05, 0) is 7.05 Å². The van der Waals surface area contributed by atoms with Gasteiger partial charge in [0.1, 0.15) is 0 Å². The molecule has 0 radical (unpaired) electrons. The van der Waals surface area contributed by atoms with E-state index in [1.165, 1.54) is 0 Å². The van der Waals surface area contributed by atoms with E-state index < -0.39 is 0 Å².